The van der Waals surface area contributed by atoms with Crippen molar-refractivity contribution in [3.63, 3.8) is 0 Å². The predicted molar refractivity (Wildman–Crippen MR) is 186 cm³/mol. The first-order chi connectivity index (χ1) is 22.4. The van der Waals surface area contributed by atoms with Gasteiger partial charge in [-0.15, -0.1) is 0 Å². The Morgan fingerprint density at radius 1 is 0.894 bits per heavy atom. The number of ether oxygens (including phenoxy) is 6. The molecule has 3 unspecified atom stereocenters. The Morgan fingerprint density at radius 3 is 2.11 bits per heavy atom. The van der Waals surface area contributed by atoms with Gasteiger partial charge in [0, 0.05) is 25.7 Å². The third-order valence-corrected chi connectivity index (χ3v) is 9.80. The number of aliphatic hydroxyl groups is 2. The van der Waals surface area contributed by atoms with Crippen LogP contribution in [-0.2, 0) is 22.3 Å². The smallest absolute Gasteiger partial charge is 0.188 e. The van der Waals surface area contributed by atoms with Crippen LogP contribution in [0.4, 0.5) is 0 Å². The van der Waals surface area contributed by atoms with Crippen molar-refractivity contribution in [3.8, 4) is 23.0 Å². The van der Waals surface area contributed by atoms with E-state index in [1.165, 1.54) is 5.57 Å². The zero-order valence-corrected chi connectivity index (χ0v) is 29.5. The van der Waals surface area contributed by atoms with Crippen molar-refractivity contribution in [2.24, 2.45) is 11.3 Å². The zero-order chi connectivity index (χ0) is 34.2. The highest BCUT2D eigenvalue weighted by molar-refractivity contribution is 5.74. The van der Waals surface area contributed by atoms with Crippen molar-refractivity contribution in [3.05, 3.63) is 69.8 Å². The monoisotopic (exact) mass is 650 g/mol. The number of rotatable bonds is 15. The normalized spacial score (nSPS) is 22.4. The molecule has 1 saturated carbocycles. The van der Waals surface area contributed by atoms with Crippen molar-refractivity contribution >= 4 is 12.2 Å². The van der Waals surface area contributed by atoms with Gasteiger partial charge in [-0.05, 0) is 106 Å². The maximum Gasteiger partial charge on any atom is 0.188 e. The van der Waals surface area contributed by atoms with Crippen LogP contribution in [0, 0.1) is 11.3 Å². The Hall–Kier alpha value is -3.30. The fraction of sp³-hybridized carbons (Fsp3) is 0.538. The number of hydrogen-bond acceptors (Lipinski definition) is 8. The Morgan fingerprint density at radius 2 is 1.51 bits per heavy atom. The first-order valence-electron chi connectivity index (χ1n) is 16.5. The van der Waals surface area contributed by atoms with Gasteiger partial charge in [0.2, 0.25) is 0 Å². The molecule has 0 bridgehead atoms. The van der Waals surface area contributed by atoms with E-state index in [9.17, 15) is 10.2 Å². The minimum absolute atomic E-state index is 0.0850. The number of methoxy groups -OCH3 is 3. The Bertz CT molecular complexity index is 1430. The second-order valence-electron chi connectivity index (χ2n) is 13.7. The number of hydrogen-bond donors (Lipinski definition) is 2. The van der Waals surface area contributed by atoms with E-state index in [0.29, 0.717) is 23.7 Å². The molecule has 0 amide bonds. The summed E-state index contributed by atoms with van der Waals surface area (Å²) in [5.74, 6) is 3.03. The van der Waals surface area contributed by atoms with E-state index >= 15 is 0 Å². The molecule has 0 saturated heterocycles. The third-order valence-electron chi connectivity index (χ3n) is 9.80. The molecule has 258 valence electrons. The Kier molecular flexibility index (Phi) is 12.6. The van der Waals surface area contributed by atoms with Gasteiger partial charge in [-0.1, -0.05) is 49.3 Å². The highest BCUT2D eigenvalue weighted by Crippen LogP contribution is 2.55. The van der Waals surface area contributed by atoms with Crippen molar-refractivity contribution in [1.82, 2.24) is 0 Å². The maximum atomic E-state index is 10.9. The lowest BCUT2D eigenvalue weighted by molar-refractivity contribution is -0.138. The van der Waals surface area contributed by atoms with Crippen LogP contribution < -0.4 is 18.9 Å². The largest absolute Gasteiger partial charge is 0.493 e. The lowest BCUT2D eigenvalue weighted by Crippen LogP contribution is -2.58. The first-order valence-corrected chi connectivity index (χ1v) is 16.5. The summed E-state index contributed by atoms with van der Waals surface area (Å²) in [7, 11) is 4.88. The maximum absolute atomic E-state index is 10.9. The molecule has 8 nitrogen and oxygen atoms in total. The van der Waals surface area contributed by atoms with Crippen LogP contribution in [0.25, 0.3) is 12.2 Å². The van der Waals surface area contributed by atoms with Crippen molar-refractivity contribution in [2.45, 2.75) is 84.8 Å². The molecule has 2 aliphatic rings. The molecule has 1 heterocycles. The Balaban J connectivity index is 1.65. The van der Waals surface area contributed by atoms with E-state index < -0.39 is 0 Å². The lowest BCUT2D eigenvalue weighted by atomic mass is 9.57. The molecule has 2 aromatic carbocycles. The standard InChI is InChI=1S/C39H54O8/c1-26(10-9-11-27(2)23-40)12-15-31-32(45-24-42-6)19-29(20-33(31)46-25-43-7)14-13-28-18-30-22-35-38(3,4)36(41)16-17-39(35,5)47-37(30)34(21-28)44-8/h11-14,18-21,35-36,40-41H,9-10,15-17,22-25H2,1-8H3/b14-13+,26-12+,27-11+. The van der Waals surface area contributed by atoms with Crippen molar-refractivity contribution < 1.29 is 38.6 Å². The highest BCUT2D eigenvalue weighted by atomic mass is 16.7. The predicted octanol–water partition coefficient (Wildman–Crippen LogP) is 7.53. The van der Waals surface area contributed by atoms with Gasteiger partial charge in [-0.2, -0.15) is 0 Å². The summed E-state index contributed by atoms with van der Waals surface area (Å²) in [6.07, 6.45) is 12.7. The van der Waals surface area contributed by atoms with Gasteiger partial charge in [0.15, 0.2) is 25.1 Å². The molecule has 1 aliphatic carbocycles. The molecule has 2 aromatic rings. The van der Waals surface area contributed by atoms with E-state index in [4.69, 9.17) is 28.4 Å². The molecule has 0 spiro atoms. The van der Waals surface area contributed by atoms with E-state index in [0.717, 1.165) is 65.7 Å². The van der Waals surface area contributed by atoms with Crippen LogP contribution in [0.15, 0.2) is 47.6 Å². The summed E-state index contributed by atoms with van der Waals surface area (Å²) in [5, 5.41) is 20.1. The summed E-state index contributed by atoms with van der Waals surface area (Å²) in [6.45, 7) is 10.8. The third kappa shape index (κ3) is 8.79. The van der Waals surface area contributed by atoms with Crippen LogP contribution in [0.1, 0.15) is 82.6 Å². The van der Waals surface area contributed by atoms with Crippen LogP contribution in [0.5, 0.6) is 23.0 Å². The summed E-state index contributed by atoms with van der Waals surface area (Å²) in [4.78, 5) is 0. The SMILES string of the molecule is COCOc1cc(/C=C/c2cc3c(c(OC)c2)OC2(C)CCC(O)C(C)(C)C2C3)cc(OCOC)c1C/C=C(\C)CC/C=C(\C)CO. The Labute approximate surface area is 281 Å². The van der Waals surface area contributed by atoms with E-state index in [1.807, 2.05) is 31.2 Å². The molecule has 0 aromatic heterocycles. The van der Waals surface area contributed by atoms with Crippen LogP contribution >= 0.6 is 0 Å². The van der Waals surface area contributed by atoms with Crippen molar-refractivity contribution in [1.29, 1.82) is 0 Å². The van der Waals surface area contributed by atoms with Gasteiger partial charge in [0.25, 0.3) is 0 Å². The van der Waals surface area contributed by atoms with Gasteiger partial charge < -0.3 is 38.6 Å². The molecule has 1 aliphatic heterocycles. The molecule has 3 atom stereocenters. The first kappa shape index (κ1) is 36.5. The molecule has 4 rings (SSSR count). The average Bonchev–Trinajstić information content (AvgIpc) is 3.05. The highest BCUT2D eigenvalue weighted by Gasteiger charge is 2.54. The van der Waals surface area contributed by atoms with E-state index in [-0.39, 0.29) is 43.2 Å². The fourth-order valence-electron chi connectivity index (χ4n) is 6.86. The number of fused-ring (bicyclic) bond motifs is 2. The van der Waals surface area contributed by atoms with Gasteiger partial charge in [0.1, 0.15) is 17.1 Å². The summed E-state index contributed by atoms with van der Waals surface area (Å²) >= 11 is 0. The molecule has 1 fully saturated rings. The quantitative estimate of drug-likeness (QED) is 0.116. The van der Waals surface area contributed by atoms with E-state index in [1.54, 1.807) is 21.3 Å². The zero-order valence-electron chi connectivity index (χ0n) is 29.5. The second-order valence-corrected chi connectivity index (χ2v) is 13.7. The summed E-state index contributed by atoms with van der Waals surface area (Å²) < 4.78 is 35.2. The van der Waals surface area contributed by atoms with Crippen LogP contribution in [-0.4, -0.2) is 63.4 Å². The molecular formula is C39H54O8. The molecule has 47 heavy (non-hydrogen) atoms. The van der Waals surface area contributed by atoms with Gasteiger partial charge in [-0.3, -0.25) is 0 Å². The van der Waals surface area contributed by atoms with Crippen LogP contribution in [0.2, 0.25) is 0 Å². The van der Waals surface area contributed by atoms with Crippen LogP contribution in [0.3, 0.4) is 0 Å². The molecule has 2 N–H and O–H groups in total. The topological polar surface area (TPSA) is 95.8 Å². The average molecular weight is 651 g/mol. The minimum Gasteiger partial charge on any atom is -0.493 e. The van der Waals surface area contributed by atoms with Gasteiger partial charge >= 0.3 is 0 Å². The molecular weight excluding hydrogens is 596 g/mol. The second kappa shape index (κ2) is 16.2. The molecule has 0 radical (unpaired) electrons. The number of aliphatic hydroxyl groups excluding tert-OH is 2. The number of benzene rings is 2. The fourth-order valence-corrected chi connectivity index (χ4v) is 6.86. The summed E-state index contributed by atoms with van der Waals surface area (Å²) in [5.41, 5.74) is 5.46. The van der Waals surface area contributed by atoms with E-state index in [2.05, 4.69) is 52.0 Å². The van der Waals surface area contributed by atoms with Gasteiger partial charge in [0.05, 0.1) is 19.8 Å². The molecule has 8 heteroatoms. The minimum atomic E-state index is -0.361. The van der Waals surface area contributed by atoms with Crippen molar-refractivity contribution in [2.75, 3.05) is 41.5 Å². The lowest BCUT2D eigenvalue weighted by Gasteiger charge is -2.55. The number of allylic oxidation sites excluding steroid dienone is 3. The van der Waals surface area contributed by atoms with Gasteiger partial charge in [-0.25, -0.2) is 0 Å². The summed E-state index contributed by atoms with van der Waals surface area (Å²) in [6, 6.07) is 8.16.